The maximum Gasteiger partial charge on any atom is 0.255 e. The van der Waals surface area contributed by atoms with Gasteiger partial charge < -0.3 is 15.0 Å². The number of amides is 2. The molecule has 6 nitrogen and oxygen atoms in total. The molecule has 0 aliphatic carbocycles. The zero-order valence-electron chi connectivity index (χ0n) is 22.6. The minimum absolute atomic E-state index is 0.126. The molecular weight excluding hydrogens is 505 g/mol. The van der Waals surface area contributed by atoms with Crippen molar-refractivity contribution in [2.45, 2.75) is 57.3 Å². The number of nitrogens with zero attached hydrogens (tertiary/aromatic N) is 2. The molecule has 3 heterocycles. The van der Waals surface area contributed by atoms with Crippen molar-refractivity contribution in [2.24, 2.45) is 0 Å². The summed E-state index contributed by atoms with van der Waals surface area (Å²) in [7, 11) is 0. The highest BCUT2D eigenvalue weighted by Crippen LogP contribution is 2.34. The third-order valence-corrected chi connectivity index (χ3v) is 8.40. The molecule has 0 saturated carbocycles. The fourth-order valence-electron chi connectivity index (χ4n) is 6.09. The van der Waals surface area contributed by atoms with Crippen LogP contribution >= 0.6 is 0 Å². The molecule has 1 atom stereocenters. The van der Waals surface area contributed by atoms with Gasteiger partial charge in [-0.3, -0.25) is 14.5 Å². The molecule has 3 aromatic carbocycles. The van der Waals surface area contributed by atoms with Crippen molar-refractivity contribution in [3.63, 3.8) is 0 Å². The molecule has 40 heavy (non-hydrogen) atoms. The number of rotatable bonds is 7. The van der Waals surface area contributed by atoms with Gasteiger partial charge >= 0.3 is 0 Å². The van der Waals surface area contributed by atoms with Gasteiger partial charge in [0.2, 0.25) is 5.91 Å². The first kappa shape index (κ1) is 26.3. The Morgan fingerprint density at radius 3 is 2.38 bits per heavy atom. The Morgan fingerprint density at radius 1 is 0.925 bits per heavy atom. The van der Waals surface area contributed by atoms with Crippen LogP contribution in [0.5, 0.6) is 5.75 Å². The van der Waals surface area contributed by atoms with Crippen LogP contribution in [-0.2, 0) is 24.5 Å². The average molecular weight is 540 g/mol. The number of hydrogen-bond acceptors (Lipinski definition) is 4. The molecule has 2 saturated heterocycles. The van der Waals surface area contributed by atoms with Crippen LogP contribution in [0.25, 0.3) is 0 Å². The van der Waals surface area contributed by atoms with E-state index in [9.17, 15) is 14.0 Å². The normalized spacial score (nSPS) is 20.0. The van der Waals surface area contributed by atoms with Crippen LogP contribution in [0.3, 0.4) is 0 Å². The predicted octanol–water partition coefficient (Wildman–Crippen LogP) is 5.53. The van der Waals surface area contributed by atoms with Crippen molar-refractivity contribution in [1.82, 2.24) is 15.1 Å². The molecule has 7 heteroatoms. The number of likely N-dealkylation sites (tertiary alicyclic amines) is 1. The van der Waals surface area contributed by atoms with E-state index < -0.39 is 6.04 Å². The summed E-state index contributed by atoms with van der Waals surface area (Å²) in [5.74, 6) is 0.707. The summed E-state index contributed by atoms with van der Waals surface area (Å²) in [5, 5.41) is 2.78. The second-order valence-corrected chi connectivity index (χ2v) is 11.1. The Labute approximate surface area is 234 Å². The van der Waals surface area contributed by atoms with E-state index in [1.165, 1.54) is 11.1 Å². The van der Waals surface area contributed by atoms with Gasteiger partial charge in [-0.15, -0.1) is 0 Å². The lowest BCUT2D eigenvalue weighted by Gasteiger charge is -2.32. The summed E-state index contributed by atoms with van der Waals surface area (Å²) in [6.07, 6.45) is 3.42. The second-order valence-electron chi connectivity index (χ2n) is 11.1. The van der Waals surface area contributed by atoms with Gasteiger partial charge in [-0.25, -0.2) is 4.39 Å². The quantitative estimate of drug-likeness (QED) is 0.429. The first-order valence-electron chi connectivity index (χ1n) is 14.0. The van der Waals surface area contributed by atoms with Gasteiger partial charge in [0.25, 0.3) is 5.91 Å². The van der Waals surface area contributed by atoms with Gasteiger partial charge in [-0.2, -0.15) is 0 Å². The van der Waals surface area contributed by atoms with E-state index in [1.54, 1.807) is 23.1 Å². The fraction of sp³-hybridized carbons (Fsp3) is 0.333. The molecule has 1 N–H and O–H groups in total. The number of allylic oxidation sites excluding steroid dienone is 1. The zero-order valence-corrected chi connectivity index (χ0v) is 22.6. The van der Waals surface area contributed by atoms with Crippen molar-refractivity contribution < 1.29 is 18.7 Å². The topological polar surface area (TPSA) is 61.9 Å². The minimum Gasteiger partial charge on any atom is -0.489 e. The van der Waals surface area contributed by atoms with E-state index in [2.05, 4.69) is 41.1 Å². The predicted molar refractivity (Wildman–Crippen MR) is 151 cm³/mol. The Hall–Kier alpha value is -3.97. The van der Waals surface area contributed by atoms with E-state index >= 15 is 0 Å². The van der Waals surface area contributed by atoms with Crippen molar-refractivity contribution in [3.05, 3.63) is 113 Å². The van der Waals surface area contributed by atoms with Crippen molar-refractivity contribution in [2.75, 3.05) is 13.1 Å². The molecule has 0 spiro atoms. The van der Waals surface area contributed by atoms with Crippen LogP contribution in [0.15, 0.2) is 79.0 Å². The first-order chi connectivity index (χ1) is 19.4. The maximum atomic E-state index is 13.2. The number of carbonyl (C=O) groups excluding carboxylic acids is 2. The Kier molecular flexibility index (Phi) is 7.39. The van der Waals surface area contributed by atoms with E-state index in [4.69, 9.17) is 4.74 Å². The van der Waals surface area contributed by atoms with Gasteiger partial charge in [-0.1, -0.05) is 49.0 Å². The Balaban J connectivity index is 1.03. The summed E-state index contributed by atoms with van der Waals surface area (Å²) < 4.78 is 19.4. The number of hydrogen-bond donors (Lipinski definition) is 1. The summed E-state index contributed by atoms with van der Waals surface area (Å²) in [6, 6.07) is 20.5. The highest BCUT2D eigenvalue weighted by molar-refractivity contribution is 6.02. The van der Waals surface area contributed by atoms with Gasteiger partial charge in [0.1, 0.15) is 24.2 Å². The number of ether oxygens (including phenoxy) is 1. The molecule has 3 aliphatic heterocycles. The van der Waals surface area contributed by atoms with Gasteiger partial charge in [0.15, 0.2) is 0 Å². The lowest BCUT2D eigenvalue weighted by molar-refractivity contribution is -0.126. The zero-order chi connectivity index (χ0) is 27.6. The number of halogens is 1. The van der Waals surface area contributed by atoms with Crippen LogP contribution in [0.1, 0.15) is 64.2 Å². The van der Waals surface area contributed by atoms with E-state index in [0.717, 1.165) is 43.6 Å². The van der Waals surface area contributed by atoms with E-state index in [1.807, 2.05) is 24.3 Å². The van der Waals surface area contributed by atoms with Crippen molar-refractivity contribution >= 4 is 11.8 Å². The van der Waals surface area contributed by atoms with E-state index in [-0.39, 0.29) is 17.6 Å². The van der Waals surface area contributed by atoms with Crippen LogP contribution in [-0.4, -0.2) is 40.7 Å². The van der Waals surface area contributed by atoms with Crippen LogP contribution < -0.4 is 10.1 Å². The average Bonchev–Trinajstić information content (AvgIpc) is 3.30. The molecule has 3 aromatic rings. The second kappa shape index (κ2) is 11.3. The van der Waals surface area contributed by atoms with Gasteiger partial charge in [0, 0.05) is 23.4 Å². The largest absolute Gasteiger partial charge is 0.489 e. The third kappa shape index (κ3) is 5.52. The molecule has 0 bridgehead atoms. The summed E-state index contributed by atoms with van der Waals surface area (Å²) in [6.45, 7) is 7.56. The highest BCUT2D eigenvalue weighted by atomic mass is 19.1. The SMILES string of the molecule is C=C1CC[C@H](N2Cc3c(OCc4ccc(CN5CCC(c6ccc(F)cc6)CC5)cc4)cccc3C2=O)C(=O)N1. The van der Waals surface area contributed by atoms with Crippen LogP contribution in [0, 0.1) is 5.82 Å². The lowest BCUT2D eigenvalue weighted by atomic mass is 9.89. The summed E-state index contributed by atoms with van der Waals surface area (Å²) in [5.41, 5.74) is 5.70. The Bertz CT molecular complexity index is 1410. The molecule has 0 aromatic heterocycles. The van der Waals surface area contributed by atoms with Crippen LogP contribution in [0.2, 0.25) is 0 Å². The van der Waals surface area contributed by atoms with Crippen molar-refractivity contribution in [1.29, 1.82) is 0 Å². The molecule has 3 aliphatic rings. The highest BCUT2D eigenvalue weighted by Gasteiger charge is 2.39. The fourth-order valence-corrected chi connectivity index (χ4v) is 6.09. The number of piperidine rings is 2. The van der Waals surface area contributed by atoms with Gasteiger partial charge in [-0.05, 0) is 85.6 Å². The first-order valence-corrected chi connectivity index (χ1v) is 14.0. The number of nitrogens with one attached hydrogen (secondary N) is 1. The smallest absolute Gasteiger partial charge is 0.255 e. The summed E-state index contributed by atoms with van der Waals surface area (Å²) in [4.78, 5) is 29.7. The minimum atomic E-state index is -0.487. The molecule has 0 unspecified atom stereocenters. The number of carbonyl (C=O) groups is 2. The van der Waals surface area contributed by atoms with Crippen molar-refractivity contribution in [3.8, 4) is 5.75 Å². The third-order valence-electron chi connectivity index (χ3n) is 8.40. The van der Waals surface area contributed by atoms with Gasteiger partial charge in [0.05, 0.1) is 6.54 Å². The molecule has 2 amide bonds. The molecule has 6 rings (SSSR count). The maximum absolute atomic E-state index is 13.2. The molecule has 0 radical (unpaired) electrons. The molecular formula is C33H34FN3O3. The standard InChI is InChI=1S/C33H34FN3O3/c1-22-5-14-30(32(38)35-22)37-20-29-28(33(37)39)3-2-4-31(29)40-21-24-8-6-23(7-9-24)19-36-17-15-26(16-18-36)25-10-12-27(34)13-11-25/h2-4,6-13,26,30H,1,5,14-21H2,(H,35,38)/t30-/m0/s1. The molecule has 206 valence electrons. The van der Waals surface area contributed by atoms with Crippen LogP contribution in [0.4, 0.5) is 4.39 Å². The Morgan fingerprint density at radius 2 is 1.65 bits per heavy atom. The number of benzene rings is 3. The van der Waals surface area contributed by atoms with E-state index in [0.29, 0.717) is 48.9 Å². The lowest BCUT2D eigenvalue weighted by Crippen LogP contribution is -2.49. The summed E-state index contributed by atoms with van der Waals surface area (Å²) >= 11 is 0. The monoisotopic (exact) mass is 539 g/mol. The number of fused-ring (bicyclic) bond motifs is 1. The molecule has 2 fully saturated rings.